The zero-order chi connectivity index (χ0) is 18.8. The van der Waals surface area contributed by atoms with Crippen LogP contribution in [0.15, 0.2) is 12.1 Å². The van der Waals surface area contributed by atoms with Crippen molar-refractivity contribution in [3.8, 4) is 17.6 Å². The van der Waals surface area contributed by atoms with Crippen LogP contribution < -0.4 is 14.8 Å². The number of rotatable bonds is 4. The molecule has 2 rings (SSSR count). The molecule has 0 spiro atoms. The molecule has 7 heteroatoms. The molecule has 0 saturated heterocycles. The van der Waals surface area contributed by atoms with Gasteiger partial charge in [-0.3, -0.25) is 10.1 Å². The topological polar surface area (TPSA) is 97.6 Å². The predicted octanol–water partition coefficient (Wildman–Crippen LogP) is 3.18. The average molecular weight is 346 g/mol. The fraction of sp³-hybridized carbons (Fsp3) is 0.500. The van der Waals surface area contributed by atoms with Crippen molar-refractivity contribution in [2.24, 2.45) is 0 Å². The van der Waals surface area contributed by atoms with Gasteiger partial charge in [0.1, 0.15) is 11.4 Å². The fourth-order valence-corrected chi connectivity index (χ4v) is 2.74. The summed E-state index contributed by atoms with van der Waals surface area (Å²) in [6.45, 7) is 5.26. The van der Waals surface area contributed by atoms with Crippen molar-refractivity contribution in [2.45, 2.75) is 44.6 Å². The van der Waals surface area contributed by atoms with E-state index < -0.39 is 17.1 Å². The summed E-state index contributed by atoms with van der Waals surface area (Å²) in [5, 5.41) is 12.3. The van der Waals surface area contributed by atoms with Crippen molar-refractivity contribution in [1.29, 1.82) is 5.26 Å². The number of hydrogen-bond donors (Lipinski definition) is 1. The van der Waals surface area contributed by atoms with E-state index in [4.69, 9.17) is 14.2 Å². The van der Waals surface area contributed by atoms with Crippen molar-refractivity contribution in [3.63, 3.8) is 0 Å². The Labute approximate surface area is 146 Å². The maximum absolute atomic E-state index is 12.2. The van der Waals surface area contributed by atoms with Gasteiger partial charge in [0.05, 0.1) is 31.4 Å². The molecule has 1 aliphatic rings. The Kier molecular flexibility index (Phi) is 4.93. The molecule has 0 aliphatic heterocycles. The highest BCUT2D eigenvalue weighted by Crippen LogP contribution is 2.47. The van der Waals surface area contributed by atoms with E-state index >= 15 is 0 Å². The number of methoxy groups -OCH3 is 2. The number of carbonyl (C=O) groups is 2. The van der Waals surface area contributed by atoms with Gasteiger partial charge in [-0.15, -0.1) is 0 Å². The monoisotopic (exact) mass is 346 g/mol. The summed E-state index contributed by atoms with van der Waals surface area (Å²) in [5.41, 5.74) is -0.778. The van der Waals surface area contributed by atoms with Crippen LogP contribution in [0, 0.1) is 11.3 Å². The number of ketones is 1. The van der Waals surface area contributed by atoms with Crippen LogP contribution in [-0.2, 0) is 14.9 Å². The SMILES string of the molecule is COc1cc(NC(=O)OC(C)(C)C)c(C2(C#N)CC(=O)C2)cc1OC. The van der Waals surface area contributed by atoms with Crippen molar-refractivity contribution < 1.29 is 23.8 Å². The highest BCUT2D eigenvalue weighted by molar-refractivity contribution is 5.93. The first kappa shape index (κ1) is 18.6. The zero-order valence-electron chi connectivity index (χ0n) is 15.1. The minimum absolute atomic E-state index is 0.000414. The summed E-state index contributed by atoms with van der Waals surface area (Å²) in [6.07, 6.45) is -0.455. The third kappa shape index (κ3) is 3.85. The molecule has 0 radical (unpaired) electrons. The molecule has 0 atom stereocenters. The molecule has 1 amide bonds. The summed E-state index contributed by atoms with van der Waals surface area (Å²) < 4.78 is 15.8. The van der Waals surface area contributed by atoms with E-state index in [1.807, 2.05) is 0 Å². The number of anilines is 1. The van der Waals surface area contributed by atoms with Crippen LogP contribution in [0.2, 0.25) is 0 Å². The highest BCUT2D eigenvalue weighted by Gasteiger charge is 2.47. The molecule has 1 saturated carbocycles. The predicted molar refractivity (Wildman–Crippen MR) is 90.9 cm³/mol. The number of amides is 1. The summed E-state index contributed by atoms with van der Waals surface area (Å²) in [5.74, 6) is 0.816. The van der Waals surface area contributed by atoms with Crippen LogP contribution in [0.25, 0.3) is 0 Å². The molecule has 25 heavy (non-hydrogen) atoms. The Bertz CT molecular complexity index is 735. The van der Waals surface area contributed by atoms with E-state index in [-0.39, 0.29) is 18.6 Å². The number of Topliss-reactive ketones (excluding diaryl/α,β-unsaturated/α-hetero) is 1. The number of nitriles is 1. The van der Waals surface area contributed by atoms with Gasteiger partial charge in [0.25, 0.3) is 0 Å². The first-order valence-corrected chi connectivity index (χ1v) is 7.83. The minimum atomic E-state index is -0.985. The van der Waals surface area contributed by atoms with E-state index in [0.29, 0.717) is 22.7 Å². The van der Waals surface area contributed by atoms with Gasteiger partial charge in [-0.25, -0.2) is 4.79 Å². The van der Waals surface area contributed by atoms with Crippen LogP contribution in [0.3, 0.4) is 0 Å². The number of nitrogens with zero attached hydrogens (tertiary/aromatic N) is 1. The summed E-state index contributed by atoms with van der Waals surface area (Å²) >= 11 is 0. The number of carbonyl (C=O) groups excluding carboxylic acids is 2. The minimum Gasteiger partial charge on any atom is -0.493 e. The Morgan fingerprint density at radius 1 is 1.20 bits per heavy atom. The van der Waals surface area contributed by atoms with Gasteiger partial charge < -0.3 is 14.2 Å². The van der Waals surface area contributed by atoms with Gasteiger partial charge >= 0.3 is 6.09 Å². The average Bonchev–Trinajstić information content (AvgIpc) is 2.49. The van der Waals surface area contributed by atoms with E-state index in [2.05, 4.69) is 11.4 Å². The number of benzene rings is 1. The van der Waals surface area contributed by atoms with E-state index in [1.165, 1.54) is 14.2 Å². The molecular weight excluding hydrogens is 324 g/mol. The lowest BCUT2D eigenvalue weighted by Crippen LogP contribution is -2.41. The van der Waals surface area contributed by atoms with Crippen LogP contribution in [0.5, 0.6) is 11.5 Å². The molecular formula is C18H22N2O5. The Morgan fingerprint density at radius 2 is 1.76 bits per heavy atom. The van der Waals surface area contributed by atoms with Crippen LogP contribution >= 0.6 is 0 Å². The second-order valence-corrected chi connectivity index (χ2v) is 6.97. The van der Waals surface area contributed by atoms with Crippen LogP contribution in [-0.4, -0.2) is 31.7 Å². The maximum Gasteiger partial charge on any atom is 0.412 e. The van der Waals surface area contributed by atoms with E-state index in [9.17, 15) is 14.9 Å². The molecule has 1 aliphatic carbocycles. The third-order valence-corrected chi connectivity index (χ3v) is 3.89. The smallest absolute Gasteiger partial charge is 0.412 e. The molecule has 1 aromatic carbocycles. The molecule has 7 nitrogen and oxygen atoms in total. The van der Waals surface area contributed by atoms with Gasteiger partial charge in [-0.1, -0.05) is 0 Å². The molecule has 1 aromatic rings. The standard InChI is InChI=1S/C18H22N2O5/c1-17(2,3)25-16(22)20-13-7-15(24-5)14(23-4)6-12(13)18(10-19)8-11(21)9-18/h6-7H,8-9H2,1-5H3,(H,20,22). The fourth-order valence-electron chi connectivity index (χ4n) is 2.74. The van der Waals surface area contributed by atoms with Gasteiger partial charge in [-0.2, -0.15) is 5.26 Å². The quantitative estimate of drug-likeness (QED) is 0.899. The molecule has 0 aromatic heterocycles. The molecule has 0 bridgehead atoms. The number of hydrogen-bond acceptors (Lipinski definition) is 6. The Morgan fingerprint density at radius 3 is 2.20 bits per heavy atom. The van der Waals surface area contributed by atoms with Crippen molar-refractivity contribution in [2.75, 3.05) is 19.5 Å². The van der Waals surface area contributed by atoms with Crippen molar-refractivity contribution >= 4 is 17.6 Å². The van der Waals surface area contributed by atoms with Crippen LogP contribution in [0.1, 0.15) is 39.2 Å². The lowest BCUT2D eigenvalue weighted by Gasteiger charge is -2.36. The zero-order valence-corrected chi connectivity index (χ0v) is 15.1. The Balaban J connectivity index is 2.47. The van der Waals surface area contributed by atoms with Crippen LogP contribution in [0.4, 0.5) is 10.5 Å². The van der Waals surface area contributed by atoms with E-state index in [0.717, 1.165) is 0 Å². The molecule has 1 fully saturated rings. The van der Waals surface area contributed by atoms with Crippen molar-refractivity contribution in [1.82, 2.24) is 0 Å². The van der Waals surface area contributed by atoms with Gasteiger partial charge in [0.15, 0.2) is 11.5 Å². The first-order valence-electron chi connectivity index (χ1n) is 7.83. The van der Waals surface area contributed by atoms with Gasteiger partial charge in [0, 0.05) is 24.5 Å². The normalized spacial score (nSPS) is 15.6. The second-order valence-electron chi connectivity index (χ2n) is 6.97. The summed E-state index contributed by atoms with van der Waals surface area (Å²) in [7, 11) is 2.95. The molecule has 0 heterocycles. The number of ether oxygens (including phenoxy) is 3. The lowest BCUT2D eigenvalue weighted by molar-refractivity contribution is -0.126. The molecule has 134 valence electrons. The summed E-state index contributed by atoms with van der Waals surface area (Å²) in [6, 6.07) is 5.40. The van der Waals surface area contributed by atoms with E-state index in [1.54, 1.807) is 32.9 Å². The lowest BCUT2D eigenvalue weighted by atomic mass is 9.64. The molecule has 1 N–H and O–H groups in total. The van der Waals surface area contributed by atoms with Gasteiger partial charge in [0.2, 0.25) is 0 Å². The second kappa shape index (κ2) is 6.63. The third-order valence-electron chi connectivity index (χ3n) is 3.89. The van der Waals surface area contributed by atoms with Crippen molar-refractivity contribution in [3.05, 3.63) is 17.7 Å². The summed E-state index contributed by atoms with van der Waals surface area (Å²) in [4.78, 5) is 23.7. The number of nitrogens with one attached hydrogen (secondary N) is 1. The highest BCUT2D eigenvalue weighted by atomic mass is 16.6. The maximum atomic E-state index is 12.2. The van der Waals surface area contributed by atoms with Gasteiger partial charge in [-0.05, 0) is 26.8 Å². The Hall–Kier alpha value is -2.75. The first-order chi connectivity index (χ1) is 11.6. The molecule has 0 unspecified atom stereocenters. The largest absolute Gasteiger partial charge is 0.493 e.